The fourth-order valence-electron chi connectivity index (χ4n) is 5.07. The van der Waals surface area contributed by atoms with Crippen LogP contribution in [0.15, 0.2) is 41.8 Å². The third kappa shape index (κ3) is 5.05. The number of thiophene rings is 1. The summed E-state index contributed by atoms with van der Waals surface area (Å²) >= 11 is 1.63. The van der Waals surface area contributed by atoms with E-state index in [2.05, 4.69) is 56.4 Å². The molecule has 3 heterocycles. The van der Waals surface area contributed by atoms with Gasteiger partial charge in [-0.25, -0.2) is 0 Å². The fraction of sp³-hybridized carbons (Fsp3) is 0.333. The maximum Gasteiger partial charge on any atom is 0.172 e. The summed E-state index contributed by atoms with van der Waals surface area (Å²) in [5, 5.41) is 16.3. The third-order valence-corrected chi connectivity index (χ3v) is 7.48. The normalized spacial score (nSPS) is 16.1. The smallest absolute Gasteiger partial charge is 0.172 e. The monoisotopic (exact) mass is 535 g/mol. The second-order valence-corrected chi connectivity index (χ2v) is 10.8. The van der Waals surface area contributed by atoms with Gasteiger partial charge >= 0.3 is 0 Å². The summed E-state index contributed by atoms with van der Waals surface area (Å²) in [6.07, 6.45) is 4.31. The van der Waals surface area contributed by atoms with Crippen LogP contribution in [0, 0.1) is 0 Å². The Hall–Kier alpha value is -3.30. The third-order valence-electron chi connectivity index (χ3n) is 6.57. The average Bonchev–Trinajstić information content (AvgIpc) is 3.32. The van der Waals surface area contributed by atoms with Crippen molar-refractivity contribution in [1.29, 1.82) is 0 Å². The highest BCUT2D eigenvalue weighted by Gasteiger charge is 2.33. The topological polar surface area (TPSA) is 78.4 Å². The van der Waals surface area contributed by atoms with Crippen molar-refractivity contribution in [2.45, 2.75) is 32.9 Å². The summed E-state index contributed by atoms with van der Waals surface area (Å²) in [5.41, 5.74) is 6.77. The van der Waals surface area contributed by atoms with Gasteiger partial charge in [0.05, 0.1) is 38.0 Å². The minimum absolute atomic E-state index is 0.0721. The van der Waals surface area contributed by atoms with Crippen molar-refractivity contribution in [1.82, 2.24) is 0 Å². The molecule has 3 aromatic rings. The van der Waals surface area contributed by atoms with Crippen LogP contribution in [0.25, 0.3) is 28.5 Å². The zero-order valence-corrected chi connectivity index (χ0v) is 23.2. The number of phenols is 1. The lowest BCUT2D eigenvalue weighted by Crippen LogP contribution is -2.32. The number of nitrogens with one attached hydrogen (secondary N) is 1. The van der Waals surface area contributed by atoms with Gasteiger partial charge in [0.1, 0.15) is 18.3 Å². The molecular formula is C30H33NO6S. The number of allylic oxidation sites excluding steroid dienone is 1. The lowest BCUT2D eigenvalue weighted by Gasteiger charge is -2.35. The van der Waals surface area contributed by atoms with Gasteiger partial charge in [-0.3, -0.25) is 0 Å². The van der Waals surface area contributed by atoms with Crippen LogP contribution in [0.2, 0.25) is 0 Å². The Bertz CT molecular complexity index is 1400. The Labute approximate surface area is 227 Å². The van der Waals surface area contributed by atoms with Crippen molar-refractivity contribution in [2.24, 2.45) is 0 Å². The predicted octanol–water partition coefficient (Wildman–Crippen LogP) is 6.76. The molecule has 0 amide bonds. The highest BCUT2D eigenvalue weighted by molar-refractivity contribution is 7.11. The summed E-state index contributed by atoms with van der Waals surface area (Å²) in [4.78, 5) is 1.04. The Morgan fingerprint density at radius 1 is 1.03 bits per heavy atom. The summed E-state index contributed by atoms with van der Waals surface area (Å²) in [7, 11) is 3.20. The number of anilines is 1. The second kappa shape index (κ2) is 10.8. The van der Waals surface area contributed by atoms with Crippen LogP contribution < -0.4 is 14.8 Å². The molecule has 38 heavy (non-hydrogen) atoms. The van der Waals surface area contributed by atoms with Gasteiger partial charge in [0.15, 0.2) is 11.5 Å². The van der Waals surface area contributed by atoms with Crippen LogP contribution in [0.3, 0.4) is 0 Å². The van der Waals surface area contributed by atoms with Crippen molar-refractivity contribution in [3.8, 4) is 28.4 Å². The van der Waals surface area contributed by atoms with E-state index >= 15 is 0 Å². The van der Waals surface area contributed by atoms with E-state index in [0.29, 0.717) is 31.3 Å². The number of fused-ring (bicyclic) bond motifs is 5. The molecule has 0 aliphatic carbocycles. The zero-order valence-electron chi connectivity index (χ0n) is 22.3. The Morgan fingerprint density at radius 2 is 1.87 bits per heavy atom. The van der Waals surface area contributed by atoms with Crippen molar-refractivity contribution in [3.05, 3.63) is 63.4 Å². The van der Waals surface area contributed by atoms with Crippen LogP contribution in [-0.4, -0.2) is 44.9 Å². The molecule has 5 rings (SSSR count). The molecule has 7 nitrogen and oxygen atoms in total. The standard InChI is InChI=1S/C30H33NO6S/c1-18-15-30(2,3)31-21-7-6-20-27(26(18)21)24(37-23-9-8-22(32)29(34-5)28(20)23)14-25-19(10-13-38-25)16-36-17-35-12-11-33-4/h6-10,13-15,31-32H,11-12,16-17H2,1-5H3/b24-14-. The van der Waals surface area contributed by atoms with Gasteiger partial charge in [0.2, 0.25) is 0 Å². The maximum absolute atomic E-state index is 10.6. The van der Waals surface area contributed by atoms with Gasteiger partial charge in [-0.1, -0.05) is 12.1 Å². The second-order valence-electron chi connectivity index (χ2n) is 9.86. The SMILES string of the molecule is COCCOCOCc1ccsc1/C=C1\Oc2ccc(O)c(OC)c2-c2ccc3c(c21)C(C)=CC(C)(C)N3. The highest BCUT2D eigenvalue weighted by Crippen LogP contribution is 2.54. The Morgan fingerprint density at radius 3 is 2.66 bits per heavy atom. The van der Waals surface area contributed by atoms with E-state index in [1.54, 1.807) is 37.7 Å². The van der Waals surface area contributed by atoms with Gasteiger partial charge in [-0.2, -0.15) is 0 Å². The first kappa shape index (κ1) is 26.3. The van der Waals surface area contributed by atoms with Crippen LogP contribution in [-0.2, 0) is 20.8 Å². The van der Waals surface area contributed by atoms with Gasteiger partial charge in [0.25, 0.3) is 0 Å². The molecule has 0 saturated heterocycles. The molecule has 0 spiro atoms. The van der Waals surface area contributed by atoms with E-state index in [4.69, 9.17) is 23.7 Å². The maximum atomic E-state index is 10.6. The zero-order chi connectivity index (χ0) is 26.9. The number of ether oxygens (including phenoxy) is 5. The fourth-order valence-corrected chi connectivity index (χ4v) is 5.91. The quantitative estimate of drug-likeness (QED) is 0.231. The summed E-state index contributed by atoms with van der Waals surface area (Å²) in [6, 6.07) is 9.60. The largest absolute Gasteiger partial charge is 0.504 e. The molecule has 2 aromatic carbocycles. The van der Waals surface area contributed by atoms with E-state index < -0.39 is 0 Å². The molecule has 2 N–H and O–H groups in total. The van der Waals surface area contributed by atoms with Gasteiger partial charge < -0.3 is 34.1 Å². The van der Waals surface area contributed by atoms with Crippen molar-refractivity contribution in [2.75, 3.05) is 39.5 Å². The van der Waals surface area contributed by atoms with E-state index in [9.17, 15) is 5.11 Å². The molecule has 0 atom stereocenters. The summed E-state index contributed by atoms with van der Waals surface area (Å²) in [6.45, 7) is 8.07. The van der Waals surface area contributed by atoms with E-state index in [1.165, 1.54) is 0 Å². The molecule has 0 radical (unpaired) electrons. The lowest BCUT2D eigenvalue weighted by molar-refractivity contribution is -0.0724. The van der Waals surface area contributed by atoms with Crippen molar-refractivity contribution < 1.29 is 28.8 Å². The van der Waals surface area contributed by atoms with Crippen molar-refractivity contribution >= 4 is 34.4 Å². The van der Waals surface area contributed by atoms with E-state index in [1.807, 2.05) is 5.38 Å². The van der Waals surface area contributed by atoms with Crippen LogP contribution in [0.5, 0.6) is 17.2 Å². The van der Waals surface area contributed by atoms with Crippen LogP contribution >= 0.6 is 11.3 Å². The molecule has 2 aliphatic heterocycles. The Balaban J connectivity index is 1.59. The predicted molar refractivity (Wildman–Crippen MR) is 152 cm³/mol. The number of aromatic hydroxyl groups is 1. The lowest BCUT2D eigenvalue weighted by atomic mass is 9.83. The molecule has 0 bridgehead atoms. The molecule has 8 heteroatoms. The molecule has 0 saturated carbocycles. The van der Waals surface area contributed by atoms with Gasteiger partial charge in [-0.05, 0) is 67.6 Å². The minimum atomic E-state index is -0.178. The molecular weight excluding hydrogens is 502 g/mol. The molecule has 200 valence electrons. The van der Waals surface area contributed by atoms with E-state index in [0.717, 1.165) is 49.7 Å². The number of hydrogen-bond donors (Lipinski definition) is 2. The first-order chi connectivity index (χ1) is 18.3. The molecule has 1 aromatic heterocycles. The molecule has 2 aliphatic rings. The number of methoxy groups -OCH3 is 2. The van der Waals surface area contributed by atoms with Crippen LogP contribution in [0.4, 0.5) is 5.69 Å². The number of benzene rings is 2. The molecule has 0 unspecified atom stereocenters. The van der Waals surface area contributed by atoms with Gasteiger partial charge in [-0.15, -0.1) is 11.3 Å². The first-order valence-electron chi connectivity index (χ1n) is 12.5. The molecule has 0 fully saturated rings. The Kier molecular flexibility index (Phi) is 7.49. The van der Waals surface area contributed by atoms with Gasteiger partial charge in [0, 0.05) is 34.4 Å². The first-order valence-corrected chi connectivity index (χ1v) is 13.4. The average molecular weight is 536 g/mol. The number of rotatable bonds is 9. The van der Waals surface area contributed by atoms with Crippen LogP contribution in [0.1, 0.15) is 42.3 Å². The minimum Gasteiger partial charge on any atom is -0.504 e. The number of hydrogen-bond acceptors (Lipinski definition) is 8. The van der Waals surface area contributed by atoms with Crippen molar-refractivity contribution in [3.63, 3.8) is 0 Å². The summed E-state index contributed by atoms with van der Waals surface area (Å²) < 4.78 is 28.4. The number of phenolic OH excluding ortho intramolecular Hbond substituents is 1. The van der Waals surface area contributed by atoms with E-state index in [-0.39, 0.29) is 18.1 Å². The highest BCUT2D eigenvalue weighted by atomic mass is 32.1. The summed E-state index contributed by atoms with van der Waals surface area (Å²) in [5.74, 6) is 1.83.